The summed E-state index contributed by atoms with van der Waals surface area (Å²) in [6.45, 7) is 10.5. The van der Waals surface area contributed by atoms with Crippen LogP contribution in [0.1, 0.15) is 59.2 Å². The molecule has 0 aliphatic heterocycles. The summed E-state index contributed by atoms with van der Waals surface area (Å²) in [5, 5.41) is 23.3. The molecule has 15 heteroatoms. The topological polar surface area (TPSA) is 143 Å². The first-order valence-electron chi connectivity index (χ1n) is 17.4. The summed E-state index contributed by atoms with van der Waals surface area (Å²) in [6, 6.07) is 16.6. The first-order chi connectivity index (χ1) is 25.9. The number of aryl methyl sites for hydroxylation is 2. The highest BCUT2D eigenvalue weighted by Gasteiger charge is 2.23. The van der Waals surface area contributed by atoms with Crippen molar-refractivity contribution in [3.63, 3.8) is 0 Å². The minimum absolute atomic E-state index is 0.0724. The highest BCUT2D eigenvalue weighted by Crippen LogP contribution is 2.31. The summed E-state index contributed by atoms with van der Waals surface area (Å²) in [5.41, 5.74) is 3.41. The molecule has 4 N–H and O–H groups in total. The highest BCUT2D eigenvalue weighted by molar-refractivity contribution is 6.32. The third-order valence-electron chi connectivity index (χ3n) is 8.74. The number of phenolic OH excluding ortho intramolecular Hbond substituents is 1. The van der Waals surface area contributed by atoms with E-state index >= 15 is 0 Å². The van der Waals surface area contributed by atoms with E-state index in [1.54, 1.807) is 43.3 Å². The number of ether oxygens (including phenoxy) is 1. The Labute approximate surface area is 328 Å². The molecule has 0 radical (unpaired) electrons. The molecule has 0 aliphatic rings. The smallest absolute Gasteiger partial charge is 0.320 e. The average Bonchev–Trinajstić information content (AvgIpc) is 3.55. The molecule has 3 aromatic carbocycles. The number of nitrogens with zero attached hydrogens (tertiary/aromatic N) is 4. The van der Waals surface area contributed by atoms with Crippen molar-refractivity contribution in [3.05, 3.63) is 127 Å². The van der Waals surface area contributed by atoms with Crippen LogP contribution < -0.4 is 26.2 Å². The number of hydrogen-bond donors (Lipinski definition) is 4. The maximum Gasteiger partial charge on any atom is 0.320 e. The van der Waals surface area contributed by atoms with Crippen LogP contribution in [0.25, 0.3) is 11.4 Å². The number of phenols is 1. The molecule has 0 bridgehead atoms. The molecule has 12 nitrogen and oxygen atoms in total. The zero-order valence-corrected chi connectivity index (χ0v) is 33.2. The summed E-state index contributed by atoms with van der Waals surface area (Å²) in [5.74, 6) is -0.470. The van der Waals surface area contributed by atoms with Crippen LogP contribution >= 0.6 is 23.2 Å². The molecule has 0 spiro atoms. The number of halogens is 3. The van der Waals surface area contributed by atoms with E-state index in [1.165, 1.54) is 39.6 Å². The van der Waals surface area contributed by atoms with Gasteiger partial charge in [-0.1, -0.05) is 56.1 Å². The number of aromatic hydroxyl groups is 1. The van der Waals surface area contributed by atoms with Crippen LogP contribution in [0.5, 0.6) is 11.5 Å². The van der Waals surface area contributed by atoms with Crippen molar-refractivity contribution < 1.29 is 23.8 Å². The van der Waals surface area contributed by atoms with Gasteiger partial charge in [0, 0.05) is 54.5 Å². The van der Waals surface area contributed by atoms with Gasteiger partial charge >= 0.3 is 6.03 Å². The average molecular weight is 793 g/mol. The van der Waals surface area contributed by atoms with Gasteiger partial charge in [0.05, 0.1) is 22.1 Å². The molecule has 290 valence electrons. The molecule has 2 aromatic heterocycles. The zero-order chi connectivity index (χ0) is 40.2. The third kappa shape index (κ3) is 9.85. The maximum absolute atomic E-state index is 14.5. The molecule has 0 atom stereocenters. The number of hydrogen-bond acceptors (Lipinski definition) is 7. The Morgan fingerprint density at radius 1 is 0.964 bits per heavy atom. The second-order valence-electron chi connectivity index (χ2n) is 14.4. The van der Waals surface area contributed by atoms with E-state index in [-0.39, 0.29) is 46.0 Å². The van der Waals surface area contributed by atoms with E-state index in [1.807, 2.05) is 46.7 Å². The van der Waals surface area contributed by atoms with Crippen molar-refractivity contribution >= 4 is 41.0 Å². The summed E-state index contributed by atoms with van der Waals surface area (Å²) < 4.78 is 23.4. The van der Waals surface area contributed by atoms with E-state index in [0.29, 0.717) is 58.4 Å². The summed E-state index contributed by atoms with van der Waals surface area (Å²) in [6.07, 6.45) is 0. The number of carbonyl (C=O) groups excluding carboxylic acids is 2. The van der Waals surface area contributed by atoms with Gasteiger partial charge < -0.3 is 25.4 Å². The number of carbonyl (C=O) groups is 2. The Morgan fingerprint density at radius 2 is 1.71 bits per heavy atom. The number of nitrogens with one attached hydrogen (secondary N) is 3. The number of benzene rings is 3. The molecule has 0 saturated heterocycles. The molecule has 0 aliphatic carbocycles. The number of anilines is 1. The zero-order valence-electron chi connectivity index (χ0n) is 31.7. The molecule has 0 saturated carbocycles. The van der Waals surface area contributed by atoms with Crippen molar-refractivity contribution in [1.82, 2.24) is 29.9 Å². The number of likely N-dealkylation sites (N-methyl/N-ethyl adjacent to an activating group) is 1. The summed E-state index contributed by atoms with van der Waals surface area (Å²) in [7, 11) is 3.83. The maximum atomic E-state index is 14.5. The van der Waals surface area contributed by atoms with Gasteiger partial charge in [-0.25, -0.2) is 13.9 Å². The number of pyridine rings is 1. The van der Waals surface area contributed by atoms with Crippen LogP contribution in [0, 0.1) is 19.7 Å². The predicted octanol–water partition coefficient (Wildman–Crippen LogP) is 7.28. The fourth-order valence-corrected chi connectivity index (χ4v) is 5.94. The van der Waals surface area contributed by atoms with Gasteiger partial charge in [-0.05, 0) is 81.0 Å². The monoisotopic (exact) mass is 791 g/mol. The van der Waals surface area contributed by atoms with Gasteiger partial charge in [0.15, 0.2) is 0 Å². The van der Waals surface area contributed by atoms with Crippen LogP contribution in [0.3, 0.4) is 0 Å². The van der Waals surface area contributed by atoms with Crippen molar-refractivity contribution in [2.75, 3.05) is 32.5 Å². The predicted molar refractivity (Wildman–Crippen MR) is 213 cm³/mol. The Bertz CT molecular complexity index is 2300. The largest absolute Gasteiger partial charge is 0.506 e. The van der Waals surface area contributed by atoms with E-state index in [9.17, 15) is 23.9 Å². The molecule has 5 aromatic rings. The van der Waals surface area contributed by atoms with Gasteiger partial charge in [0.25, 0.3) is 11.5 Å². The molecule has 0 fully saturated rings. The Morgan fingerprint density at radius 3 is 2.40 bits per heavy atom. The normalized spacial score (nSPS) is 11.5. The van der Waals surface area contributed by atoms with Gasteiger partial charge in [-0.15, -0.1) is 0 Å². The fourth-order valence-electron chi connectivity index (χ4n) is 5.63. The van der Waals surface area contributed by atoms with Crippen LogP contribution in [0.4, 0.5) is 15.0 Å². The van der Waals surface area contributed by atoms with Crippen molar-refractivity contribution in [2.45, 2.75) is 53.2 Å². The first kappa shape index (κ1) is 40.8. The quantitative estimate of drug-likeness (QED) is 0.104. The standard InChI is InChI=1S/C40H44Cl2FN7O5/c1-23-8-9-25(37(52)44-14-15-48(6)7)18-31(23)49-24(2)16-33(36(42)38(49)53)55-22-26-10-11-28(43)17-27(26)21-45-39(54)46-35-20-34(40(3,4)5)47-50(35)29-12-13-30(41)32(51)19-29/h8-13,16-20,51H,14-15,21-22H2,1-7H3,(H,44,52)(H2,45,46,54). The van der Waals surface area contributed by atoms with Gasteiger partial charge in [0.1, 0.15) is 34.8 Å². The number of amides is 3. The van der Waals surface area contributed by atoms with Crippen molar-refractivity contribution in [3.8, 4) is 22.9 Å². The van der Waals surface area contributed by atoms with Gasteiger partial charge in [0.2, 0.25) is 0 Å². The third-order valence-corrected chi connectivity index (χ3v) is 9.41. The van der Waals surface area contributed by atoms with Crippen LogP contribution in [0.15, 0.2) is 71.5 Å². The molecule has 55 heavy (non-hydrogen) atoms. The lowest BCUT2D eigenvalue weighted by molar-refractivity contribution is 0.0951. The lowest BCUT2D eigenvalue weighted by Gasteiger charge is -2.18. The lowest BCUT2D eigenvalue weighted by atomic mass is 9.92. The summed E-state index contributed by atoms with van der Waals surface area (Å²) in [4.78, 5) is 41.7. The molecular weight excluding hydrogens is 748 g/mol. The van der Waals surface area contributed by atoms with E-state index in [0.717, 1.165) is 5.56 Å². The first-order valence-corrected chi connectivity index (χ1v) is 18.2. The van der Waals surface area contributed by atoms with Crippen LogP contribution in [0.2, 0.25) is 10.0 Å². The van der Waals surface area contributed by atoms with Crippen LogP contribution in [-0.2, 0) is 18.6 Å². The van der Waals surface area contributed by atoms with Crippen LogP contribution in [-0.4, -0.2) is 63.5 Å². The SMILES string of the molecule is Cc1ccc(C(=O)NCCN(C)C)cc1-n1c(C)cc(OCc2ccc(F)cc2CNC(=O)Nc2cc(C(C)(C)C)nn2-c2ccc(Cl)c(O)c2)c(Cl)c1=O. The Hall–Kier alpha value is -5.37. The van der Waals surface area contributed by atoms with Crippen molar-refractivity contribution in [2.24, 2.45) is 0 Å². The van der Waals surface area contributed by atoms with Gasteiger partial charge in [-0.2, -0.15) is 5.10 Å². The van der Waals surface area contributed by atoms with E-state index < -0.39 is 17.4 Å². The number of rotatable bonds is 12. The molecule has 5 rings (SSSR count). The highest BCUT2D eigenvalue weighted by atomic mass is 35.5. The van der Waals surface area contributed by atoms with Gasteiger partial charge in [-0.3, -0.25) is 19.5 Å². The van der Waals surface area contributed by atoms with Crippen molar-refractivity contribution in [1.29, 1.82) is 0 Å². The molecule has 0 unspecified atom stereocenters. The minimum Gasteiger partial charge on any atom is -0.506 e. The second kappa shape index (κ2) is 17.0. The summed E-state index contributed by atoms with van der Waals surface area (Å²) >= 11 is 12.6. The second-order valence-corrected chi connectivity index (χ2v) is 15.2. The minimum atomic E-state index is -0.594. The fraction of sp³-hybridized carbons (Fsp3) is 0.300. The molecular formula is C40H44Cl2FN7O5. The lowest BCUT2D eigenvalue weighted by Crippen LogP contribution is -2.31. The molecule has 3 amide bonds. The Kier molecular flexibility index (Phi) is 12.6. The number of urea groups is 1. The van der Waals surface area contributed by atoms with E-state index in [2.05, 4.69) is 21.0 Å². The Balaban J connectivity index is 1.32. The molecule has 2 heterocycles. The number of aromatic nitrogens is 3. The van der Waals surface area contributed by atoms with E-state index in [4.69, 9.17) is 27.9 Å².